The molecule has 2 aromatic rings. The van der Waals surface area contributed by atoms with Crippen LogP contribution < -0.4 is 5.32 Å². The fraction of sp³-hybridized carbons (Fsp3) is 0.308. The summed E-state index contributed by atoms with van der Waals surface area (Å²) in [5, 5.41) is 11.1. The summed E-state index contributed by atoms with van der Waals surface area (Å²) in [5.41, 5.74) is 1.01. The molecular formula is C13H14FN3OS2. The molecule has 1 heterocycles. The Morgan fingerprint density at radius 3 is 2.70 bits per heavy atom. The molecule has 0 bridgehead atoms. The third-order valence-corrected chi connectivity index (χ3v) is 4.48. The molecule has 1 amide bonds. The van der Waals surface area contributed by atoms with Gasteiger partial charge in [0, 0.05) is 11.7 Å². The summed E-state index contributed by atoms with van der Waals surface area (Å²) in [5.74, 6) is 0.284. The molecule has 0 saturated carbocycles. The van der Waals surface area contributed by atoms with Crippen molar-refractivity contribution in [3.8, 4) is 0 Å². The van der Waals surface area contributed by atoms with Gasteiger partial charge in [0.1, 0.15) is 5.82 Å². The lowest BCUT2D eigenvalue weighted by atomic mass is 10.2. The molecule has 4 nitrogen and oxygen atoms in total. The molecule has 0 unspecified atom stereocenters. The summed E-state index contributed by atoms with van der Waals surface area (Å²) in [7, 11) is 0. The van der Waals surface area contributed by atoms with E-state index in [2.05, 4.69) is 15.5 Å². The number of anilines is 1. The second-order valence-corrected chi connectivity index (χ2v) is 6.63. The lowest BCUT2D eigenvalue weighted by Crippen LogP contribution is -2.17. The van der Waals surface area contributed by atoms with Gasteiger partial charge >= 0.3 is 0 Å². The molecular weight excluding hydrogens is 297 g/mol. The van der Waals surface area contributed by atoms with Crippen LogP contribution in [-0.4, -0.2) is 16.1 Å². The molecule has 0 aliphatic heterocycles. The Morgan fingerprint density at radius 2 is 2.05 bits per heavy atom. The van der Waals surface area contributed by atoms with Gasteiger partial charge in [-0.25, -0.2) is 4.39 Å². The van der Waals surface area contributed by atoms with Crippen LogP contribution in [0.3, 0.4) is 0 Å². The molecule has 0 aliphatic carbocycles. The average molecular weight is 311 g/mol. The predicted octanol–water partition coefficient (Wildman–Crippen LogP) is 3.56. The third-order valence-electron chi connectivity index (χ3n) is 2.44. The quantitative estimate of drug-likeness (QED) is 0.677. The van der Waals surface area contributed by atoms with Crippen LogP contribution in [0.25, 0.3) is 0 Å². The molecule has 0 aliphatic rings. The highest BCUT2D eigenvalue weighted by Gasteiger charge is 2.11. The first-order valence-electron chi connectivity index (χ1n) is 6.06. The highest BCUT2D eigenvalue weighted by atomic mass is 32.2. The third kappa shape index (κ3) is 4.28. The van der Waals surface area contributed by atoms with Gasteiger partial charge in [0.2, 0.25) is 11.0 Å². The zero-order valence-electron chi connectivity index (χ0n) is 11.1. The van der Waals surface area contributed by atoms with Crippen molar-refractivity contribution in [1.82, 2.24) is 10.2 Å². The van der Waals surface area contributed by atoms with Crippen molar-refractivity contribution in [3.05, 3.63) is 35.6 Å². The number of carbonyl (C=O) groups excluding carboxylic acids is 1. The minimum absolute atomic E-state index is 0.0729. The highest BCUT2D eigenvalue weighted by molar-refractivity contribution is 8.00. The Hall–Kier alpha value is -1.47. The summed E-state index contributed by atoms with van der Waals surface area (Å²) >= 11 is 2.84. The van der Waals surface area contributed by atoms with Crippen LogP contribution in [0.2, 0.25) is 0 Å². The Labute approximate surface area is 124 Å². The molecule has 1 N–H and O–H groups in total. The Bertz CT molecular complexity index is 584. The van der Waals surface area contributed by atoms with E-state index in [1.165, 1.54) is 35.2 Å². The topological polar surface area (TPSA) is 54.9 Å². The van der Waals surface area contributed by atoms with Gasteiger partial charge < -0.3 is 5.32 Å². The molecule has 0 saturated heterocycles. The predicted molar refractivity (Wildman–Crippen MR) is 79.3 cm³/mol. The number of nitrogens with zero attached hydrogens (tertiary/aromatic N) is 2. The number of nitrogens with one attached hydrogen (secondary N) is 1. The standard InChI is InChI=1S/C13H14FN3OS2/c1-8(2)11(18)15-12-16-17-13(20-12)19-7-9-3-5-10(14)6-4-9/h3-6,8H,7H2,1-2H3,(H,15,16,18). The van der Waals surface area contributed by atoms with Gasteiger partial charge in [0.05, 0.1) is 0 Å². The molecule has 1 aromatic carbocycles. The molecule has 0 radical (unpaired) electrons. The fourth-order valence-corrected chi connectivity index (χ4v) is 3.00. The van der Waals surface area contributed by atoms with Crippen molar-refractivity contribution in [2.45, 2.75) is 23.9 Å². The summed E-state index contributed by atoms with van der Waals surface area (Å²) in [4.78, 5) is 11.5. The van der Waals surface area contributed by atoms with E-state index in [-0.39, 0.29) is 17.6 Å². The molecule has 0 atom stereocenters. The van der Waals surface area contributed by atoms with Crippen molar-refractivity contribution in [1.29, 1.82) is 0 Å². The number of hydrogen-bond donors (Lipinski definition) is 1. The van der Waals surface area contributed by atoms with E-state index in [1.54, 1.807) is 12.1 Å². The van der Waals surface area contributed by atoms with Crippen LogP contribution >= 0.6 is 23.1 Å². The van der Waals surface area contributed by atoms with E-state index < -0.39 is 0 Å². The number of benzene rings is 1. The van der Waals surface area contributed by atoms with Gasteiger partial charge in [0.15, 0.2) is 4.34 Å². The smallest absolute Gasteiger partial charge is 0.228 e. The van der Waals surface area contributed by atoms with Crippen molar-refractivity contribution < 1.29 is 9.18 Å². The lowest BCUT2D eigenvalue weighted by molar-refractivity contribution is -0.118. The number of thioether (sulfide) groups is 1. The minimum atomic E-state index is -0.242. The maximum atomic E-state index is 12.8. The van der Waals surface area contributed by atoms with Gasteiger partial charge in [-0.3, -0.25) is 4.79 Å². The normalized spacial score (nSPS) is 10.8. The average Bonchev–Trinajstić information content (AvgIpc) is 2.85. The van der Waals surface area contributed by atoms with Crippen LogP contribution in [0, 0.1) is 11.7 Å². The first-order chi connectivity index (χ1) is 9.54. The molecule has 2 rings (SSSR count). The molecule has 20 heavy (non-hydrogen) atoms. The van der Waals surface area contributed by atoms with Gasteiger partial charge in [-0.1, -0.05) is 49.1 Å². The molecule has 7 heteroatoms. The van der Waals surface area contributed by atoms with Crippen molar-refractivity contribution in [2.24, 2.45) is 5.92 Å². The molecule has 106 valence electrons. The van der Waals surface area contributed by atoms with E-state index in [1.807, 2.05) is 13.8 Å². The maximum Gasteiger partial charge on any atom is 0.228 e. The van der Waals surface area contributed by atoms with Gasteiger partial charge in [0.25, 0.3) is 0 Å². The Morgan fingerprint density at radius 1 is 1.35 bits per heavy atom. The molecule has 0 spiro atoms. The number of amides is 1. The first-order valence-corrected chi connectivity index (χ1v) is 7.86. The van der Waals surface area contributed by atoms with Crippen molar-refractivity contribution in [3.63, 3.8) is 0 Å². The Balaban J connectivity index is 1.89. The van der Waals surface area contributed by atoms with Crippen LogP contribution in [0.4, 0.5) is 9.52 Å². The fourth-order valence-electron chi connectivity index (χ4n) is 1.29. The van der Waals surface area contributed by atoms with Crippen LogP contribution in [0.15, 0.2) is 28.6 Å². The van der Waals surface area contributed by atoms with Gasteiger partial charge in [-0.15, -0.1) is 10.2 Å². The van der Waals surface area contributed by atoms with Crippen molar-refractivity contribution >= 4 is 34.1 Å². The summed E-state index contributed by atoms with van der Waals surface area (Å²) in [6.07, 6.45) is 0. The van der Waals surface area contributed by atoms with E-state index in [0.717, 1.165) is 9.90 Å². The SMILES string of the molecule is CC(C)C(=O)Nc1nnc(SCc2ccc(F)cc2)s1. The summed E-state index contributed by atoms with van der Waals surface area (Å²) in [6.45, 7) is 3.64. The van der Waals surface area contributed by atoms with E-state index in [9.17, 15) is 9.18 Å². The number of halogens is 1. The van der Waals surface area contributed by atoms with Crippen LogP contribution in [0.5, 0.6) is 0 Å². The zero-order chi connectivity index (χ0) is 14.5. The largest absolute Gasteiger partial charge is 0.300 e. The van der Waals surface area contributed by atoms with E-state index in [4.69, 9.17) is 0 Å². The van der Waals surface area contributed by atoms with E-state index in [0.29, 0.717) is 10.9 Å². The number of carbonyl (C=O) groups is 1. The second kappa shape index (κ2) is 6.81. The first kappa shape index (κ1) is 14.9. The summed E-state index contributed by atoms with van der Waals surface area (Å²) in [6, 6.07) is 6.35. The monoisotopic (exact) mass is 311 g/mol. The minimum Gasteiger partial charge on any atom is -0.300 e. The zero-order valence-corrected chi connectivity index (χ0v) is 12.7. The van der Waals surface area contributed by atoms with Gasteiger partial charge in [-0.2, -0.15) is 0 Å². The number of hydrogen-bond acceptors (Lipinski definition) is 5. The molecule has 0 fully saturated rings. The molecule has 1 aromatic heterocycles. The number of aromatic nitrogens is 2. The van der Waals surface area contributed by atoms with E-state index >= 15 is 0 Å². The maximum absolute atomic E-state index is 12.8. The van der Waals surface area contributed by atoms with Crippen LogP contribution in [-0.2, 0) is 10.5 Å². The van der Waals surface area contributed by atoms with Gasteiger partial charge in [-0.05, 0) is 17.7 Å². The second-order valence-electron chi connectivity index (χ2n) is 4.43. The lowest BCUT2D eigenvalue weighted by Gasteiger charge is -2.02. The van der Waals surface area contributed by atoms with Crippen molar-refractivity contribution in [2.75, 3.05) is 5.32 Å². The van der Waals surface area contributed by atoms with Crippen LogP contribution in [0.1, 0.15) is 19.4 Å². The summed E-state index contributed by atoms with van der Waals surface area (Å²) < 4.78 is 13.5. The number of rotatable bonds is 5. The highest BCUT2D eigenvalue weighted by Crippen LogP contribution is 2.28. The Kier molecular flexibility index (Phi) is 5.08.